The lowest BCUT2D eigenvalue weighted by Gasteiger charge is -2.11. The number of rotatable bonds is 2. The van der Waals surface area contributed by atoms with Crippen LogP contribution in [0.4, 0.5) is 5.82 Å². The zero-order chi connectivity index (χ0) is 8.72. The molecular formula is C9H15N3. The van der Waals surface area contributed by atoms with Crippen molar-refractivity contribution in [2.45, 2.75) is 32.7 Å². The summed E-state index contributed by atoms with van der Waals surface area (Å²) in [5.41, 5.74) is 6.82. The van der Waals surface area contributed by atoms with Crippen molar-refractivity contribution in [3.8, 4) is 0 Å². The minimum Gasteiger partial charge on any atom is -0.384 e. The molecule has 66 valence electrons. The molecule has 2 N–H and O–H groups in total. The maximum Gasteiger partial charge on any atom is 0.122 e. The van der Waals surface area contributed by atoms with Gasteiger partial charge in [0.2, 0.25) is 0 Å². The number of nitrogens with zero attached hydrogens (tertiary/aromatic N) is 2. The van der Waals surface area contributed by atoms with Gasteiger partial charge >= 0.3 is 0 Å². The second kappa shape index (κ2) is 2.51. The van der Waals surface area contributed by atoms with Crippen molar-refractivity contribution in [2.24, 2.45) is 5.92 Å². The summed E-state index contributed by atoms with van der Waals surface area (Å²) in [5.74, 6) is 1.61. The minimum absolute atomic E-state index is 0.485. The highest BCUT2D eigenvalue weighted by Crippen LogP contribution is 2.39. The Morgan fingerprint density at radius 1 is 1.67 bits per heavy atom. The van der Waals surface area contributed by atoms with Gasteiger partial charge in [0.05, 0.1) is 11.7 Å². The summed E-state index contributed by atoms with van der Waals surface area (Å²) in [6, 6.07) is 2.41. The summed E-state index contributed by atoms with van der Waals surface area (Å²) >= 11 is 0. The van der Waals surface area contributed by atoms with Crippen molar-refractivity contribution < 1.29 is 0 Å². The molecule has 1 aromatic rings. The number of nitrogens with two attached hydrogens (primary N) is 1. The molecule has 0 amide bonds. The van der Waals surface area contributed by atoms with Crippen LogP contribution in [0, 0.1) is 12.8 Å². The summed E-state index contributed by atoms with van der Waals surface area (Å²) in [6.07, 6.45) is 2.67. The van der Waals surface area contributed by atoms with E-state index in [0.29, 0.717) is 6.04 Å². The van der Waals surface area contributed by atoms with Crippen LogP contribution in [0.25, 0.3) is 0 Å². The van der Waals surface area contributed by atoms with Crippen LogP contribution >= 0.6 is 0 Å². The fraction of sp³-hybridized carbons (Fsp3) is 0.667. The van der Waals surface area contributed by atoms with E-state index in [1.807, 2.05) is 17.7 Å². The van der Waals surface area contributed by atoms with E-state index in [1.54, 1.807) is 0 Å². The quantitative estimate of drug-likeness (QED) is 0.725. The maximum absolute atomic E-state index is 5.81. The highest BCUT2D eigenvalue weighted by atomic mass is 15.3. The first-order chi connectivity index (χ1) is 5.68. The Balaban J connectivity index is 2.25. The van der Waals surface area contributed by atoms with Gasteiger partial charge in [0, 0.05) is 6.07 Å². The van der Waals surface area contributed by atoms with Gasteiger partial charge in [0.25, 0.3) is 0 Å². The molecule has 3 heteroatoms. The number of anilines is 1. The average Bonchev–Trinajstić information content (AvgIpc) is 2.77. The summed E-state index contributed by atoms with van der Waals surface area (Å²) in [4.78, 5) is 0. The fourth-order valence-corrected chi connectivity index (χ4v) is 1.64. The van der Waals surface area contributed by atoms with Gasteiger partial charge in [0.1, 0.15) is 5.82 Å². The molecule has 0 unspecified atom stereocenters. The van der Waals surface area contributed by atoms with E-state index in [9.17, 15) is 0 Å². The lowest BCUT2D eigenvalue weighted by Crippen LogP contribution is -2.11. The highest BCUT2D eigenvalue weighted by Gasteiger charge is 2.30. The van der Waals surface area contributed by atoms with Crippen molar-refractivity contribution in [3.63, 3.8) is 0 Å². The molecule has 2 rings (SSSR count). The van der Waals surface area contributed by atoms with E-state index in [-0.39, 0.29) is 0 Å². The Labute approximate surface area is 72.6 Å². The molecule has 0 bridgehead atoms. The van der Waals surface area contributed by atoms with Crippen LogP contribution in [0.1, 0.15) is 31.5 Å². The topological polar surface area (TPSA) is 43.8 Å². The third kappa shape index (κ3) is 1.19. The van der Waals surface area contributed by atoms with E-state index in [1.165, 1.54) is 12.8 Å². The van der Waals surface area contributed by atoms with Crippen molar-refractivity contribution in [1.29, 1.82) is 0 Å². The Kier molecular flexibility index (Phi) is 1.60. The van der Waals surface area contributed by atoms with Gasteiger partial charge in [-0.1, -0.05) is 0 Å². The predicted octanol–water partition coefficient (Wildman–Crippen LogP) is 1.74. The lowest BCUT2D eigenvalue weighted by atomic mass is 10.2. The Hall–Kier alpha value is -0.990. The maximum atomic E-state index is 5.81. The van der Waals surface area contributed by atoms with Crippen LogP contribution in [-0.2, 0) is 0 Å². The van der Waals surface area contributed by atoms with Gasteiger partial charge in [-0.05, 0) is 32.6 Å². The molecular weight excluding hydrogens is 150 g/mol. The molecule has 1 saturated carbocycles. The van der Waals surface area contributed by atoms with Crippen molar-refractivity contribution in [1.82, 2.24) is 9.78 Å². The minimum atomic E-state index is 0.485. The van der Waals surface area contributed by atoms with E-state index in [2.05, 4.69) is 12.0 Å². The smallest absolute Gasteiger partial charge is 0.122 e. The Morgan fingerprint density at radius 2 is 2.33 bits per heavy atom. The molecule has 1 heterocycles. The lowest BCUT2D eigenvalue weighted by molar-refractivity contribution is 0.444. The van der Waals surface area contributed by atoms with Crippen LogP contribution in [0.3, 0.4) is 0 Å². The van der Waals surface area contributed by atoms with E-state index >= 15 is 0 Å². The summed E-state index contributed by atoms with van der Waals surface area (Å²) < 4.78 is 1.95. The molecule has 0 aliphatic heterocycles. The normalized spacial score (nSPS) is 19.5. The second-order valence-corrected chi connectivity index (χ2v) is 3.73. The first-order valence-electron chi connectivity index (χ1n) is 4.50. The molecule has 3 nitrogen and oxygen atoms in total. The van der Waals surface area contributed by atoms with Crippen LogP contribution in [0.2, 0.25) is 0 Å². The average molecular weight is 165 g/mol. The molecule has 1 aliphatic rings. The third-order valence-electron chi connectivity index (χ3n) is 2.58. The first-order valence-corrected chi connectivity index (χ1v) is 4.50. The Bertz CT molecular complexity index is 286. The second-order valence-electron chi connectivity index (χ2n) is 3.73. The van der Waals surface area contributed by atoms with Gasteiger partial charge in [-0.15, -0.1) is 0 Å². The molecule has 0 saturated heterocycles. The zero-order valence-electron chi connectivity index (χ0n) is 7.62. The molecule has 1 aliphatic carbocycles. The van der Waals surface area contributed by atoms with E-state index in [4.69, 9.17) is 5.73 Å². The predicted molar refractivity (Wildman–Crippen MR) is 48.8 cm³/mol. The van der Waals surface area contributed by atoms with Gasteiger partial charge in [-0.2, -0.15) is 5.10 Å². The van der Waals surface area contributed by atoms with Crippen LogP contribution in [0.15, 0.2) is 6.07 Å². The number of hydrogen-bond donors (Lipinski definition) is 1. The number of aromatic nitrogens is 2. The van der Waals surface area contributed by atoms with Crippen molar-refractivity contribution >= 4 is 5.82 Å². The van der Waals surface area contributed by atoms with E-state index in [0.717, 1.165) is 17.4 Å². The number of aryl methyl sites for hydroxylation is 1. The molecule has 1 fully saturated rings. The van der Waals surface area contributed by atoms with E-state index < -0.39 is 0 Å². The number of hydrogen-bond acceptors (Lipinski definition) is 2. The zero-order valence-corrected chi connectivity index (χ0v) is 7.62. The van der Waals surface area contributed by atoms with Crippen LogP contribution in [0.5, 0.6) is 0 Å². The molecule has 1 aromatic heterocycles. The molecule has 0 aromatic carbocycles. The Morgan fingerprint density at radius 3 is 2.75 bits per heavy atom. The van der Waals surface area contributed by atoms with Gasteiger partial charge in [0.15, 0.2) is 0 Å². The number of nitrogen functional groups attached to an aromatic ring is 1. The van der Waals surface area contributed by atoms with Gasteiger partial charge in [-0.3, -0.25) is 0 Å². The van der Waals surface area contributed by atoms with Crippen molar-refractivity contribution in [2.75, 3.05) is 5.73 Å². The van der Waals surface area contributed by atoms with Crippen LogP contribution in [-0.4, -0.2) is 9.78 Å². The van der Waals surface area contributed by atoms with Crippen molar-refractivity contribution in [3.05, 3.63) is 11.8 Å². The van der Waals surface area contributed by atoms with Gasteiger partial charge < -0.3 is 5.73 Å². The molecule has 0 spiro atoms. The molecule has 0 radical (unpaired) electrons. The fourth-order valence-electron chi connectivity index (χ4n) is 1.64. The molecule has 1 atom stereocenters. The summed E-state index contributed by atoms with van der Waals surface area (Å²) in [7, 11) is 0. The largest absolute Gasteiger partial charge is 0.384 e. The highest BCUT2D eigenvalue weighted by molar-refractivity contribution is 5.31. The molecule has 12 heavy (non-hydrogen) atoms. The third-order valence-corrected chi connectivity index (χ3v) is 2.58. The van der Waals surface area contributed by atoms with Crippen LogP contribution < -0.4 is 5.73 Å². The summed E-state index contributed by atoms with van der Waals surface area (Å²) in [6.45, 7) is 4.17. The SMILES string of the molecule is Cc1cc(N)n([C@@H](C)C2CC2)n1. The summed E-state index contributed by atoms with van der Waals surface area (Å²) in [5, 5.41) is 4.36. The standard InChI is InChI=1S/C9H15N3/c1-6-5-9(10)12(11-6)7(2)8-3-4-8/h5,7-8H,3-4,10H2,1-2H3/t7-/m0/s1. The monoisotopic (exact) mass is 165 g/mol. The van der Waals surface area contributed by atoms with Gasteiger partial charge in [-0.25, -0.2) is 4.68 Å². The first kappa shape index (κ1) is 7.65.